The van der Waals surface area contributed by atoms with Crippen molar-refractivity contribution in [1.82, 2.24) is 0 Å². The Balaban J connectivity index is 1.73. The molecule has 4 N–H and O–H groups in total. The Kier molecular flexibility index (Phi) is 7.55. The van der Waals surface area contributed by atoms with E-state index in [1.807, 2.05) is 0 Å². The van der Waals surface area contributed by atoms with E-state index in [0.717, 1.165) is 6.92 Å². The maximum absolute atomic E-state index is 12.9. The fourth-order valence-electron chi connectivity index (χ4n) is 3.92. The molecule has 0 spiro atoms. The molecular weight excluding hydrogens is 492 g/mol. The van der Waals surface area contributed by atoms with Crippen LogP contribution in [0.3, 0.4) is 0 Å². The molecule has 5 atom stereocenters. The number of ether oxygens (including phenoxy) is 5. The van der Waals surface area contributed by atoms with Gasteiger partial charge in [0.25, 0.3) is 0 Å². The molecule has 1 aliphatic heterocycles. The molecule has 1 aliphatic rings. The number of phenolic OH excluding ortho intramolecular Hbond substituents is 1. The third-order valence-corrected chi connectivity index (χ3v) is 5.85. The van der Waals surface area contributed by atoms with Crippen LogP contribution < -0.4 is 19.6 Å². The zero-order chi connectivity index (χ0) is 26.9. The predicted octanol–water partition coefficient (Wildman–Crippen LogP) is 0.932. The summed E-state index contributed by atoms with van der Waals surface area (Å²) >= 11 is 0. The summed E-state index contributed by atoms with van der Waals surface area (Å²) in [7, 11) is 2.75. The van der Waals surface area contributed by atoms with E-state index in [1.54, 1.807) is 24.3 Å². The molecule has 0 amide bonds. The molecule has 2 heterocycles. The number of benzene rings is 2. The number of fused-ring (bicyclic) bond motifs is 1. The number of aromatic hydroxyl groups is 1. The summed E-state index contributed by atoms with van der Waals surface area (Å²) in [6.45, 7) is 0.742. The molecule has 0 aliphatic carbocycles. The van der Waals surface area contributed by atoms with Crippen LogP contribution >= 0.6 is 0 Å². The number of hydrogen-bond acceptors (Lipinski definition) is 12. The first-order valence-electron chi connectivity index (χ1n) is 11.2. The summed E-state index contributed by atoms with van der Waals surface area (Å²) in [5.41, 5.74) is -0.0497. The number of carbonyl (C=O) groups is 1. The molecule has 12 heteroatoms. The van der Waals surface area contributed by atoms with Gasteiger partial charge < -0.3 is 48.5 Å². The van der Waals surface area contributed by atoms with Crippen LogP contribution in [-0.4, -0.2) is 77.9 Å². The van der Waals surface area contributed by atoms with Crippen molar-refractivity contribution in [1.29, 1.82) is 0 Å². The van der Waals surface area contributed by atoms with E-state index in [0.29, 0.717) is 11.3 Å². The topological polar surface area (TPSA) is 174 Å². The second-order valence-electron chi connectivity index (χ2n) is 8.27. The van der Waals surface area contributed by atoms with Crippen molar-refractivity contribution in [2.45, 2.75) is 37.6 Å². The van der Waals surface area contributed by atoms with Crippen LogP contribution in [0.2, 0.25) is 0 Å². The Labute approximate surface area is 210 Å². The SMILES string of the molecule is COc1ccc(-c2cc(=O)c3c(O)c(OC)c(O[C@@H]4O[C@H](COC(C)=O)[C@@H](O)[C@H](O)[C@H]4O)cc3o2)cc1. The van der Waals surface area contributed by atoms with Crippen LogP contribution in [0.5, 0.6) is 23.0 Å². The minimum Gasteiger partial charge on any atom is -0.504 e. The molecule has 0 bridgehead atoms. The normalized spacial score (nSPS) is 23.5. The second-order valence-corrected chi connectivity index (χ2v) is 8.27. The summed E-state index contributed by atoms with van der Waals surface area (Å²) in [6.07, 6.45) is -7.83. The van der Waals surface area contributed by atoms with Gasteiger partial charge in [0.05, 0.1) is 14.2 Å². The van der Waals surface area contributed by atoms with Crippen LogP contribution in [0.15, 0.2) is 45.6 Å². The van der Waals surface area contributed by atoms with Gasteiger partial charge in [-0.1, -0.05) is 0 Å². The van der Waals surface area contributed by atoms with Crippen LogP contribution in [-0.2, 0) is 14.3 Å². The lowest BCUT2D eigenvalue weighted by Crippen LogP contribution is -2.60. The minimum absolute atomic E-state index is 0.0611. The van der Waals surface area contributed by atoms with E-state index < -0.39 is 54.5 Å². The molecule has 12 nitrogen and oxygen atoms in total. The molecule has 0 unspecified atom stereocenters. The summed E-state index contributed by atoms with van der Waals surface area (Å²) in [4.78, 5) is 24.0. The lowest BCUT2D eigenvalue weighted by molar-refractivity contribution is -0.278. The maximum Gasteiger partial charge on any atom is 0.302 e. The number of hydrogen-bond donors (Lipinski definition) is 4. The van der Waals surface area contributed by atoms with E-state index >= 15 is 0 Å². The van der Waals surface area contributed by atoms with Gasteiger partial charge in [-0.15, -0.1) is 0 Å². The van der Waals surface area contributed by atoms with Crippen molar-refractivity contribution in [2.75, 3.05) is 20.8 Å². The quantitative estimate of drug-likeness (QED) is 0.326. The van der Waals surface area contributed by atoms with Crippen molar-refractivity contribution in [2.24, 2.45) is 0 Å². The monoisotopic (exact) mass is 518 g/mol. The summed E-state index contributed by atoms with van der Waals surface area (Å²) in [5, 5.41) is 41.5. The fraction of sp³-hybridized carbons (Fsp3) is 0.360. The Hall–Kier alpha value is -3.84. The van der Waals surface area contributed by atoms with Crippen LogP contribution in [0.25, 0.3) is 22.3 Å². The van der Waals surface area contributed by atoms with Crippen molar-refractivity contribution >= 4 is 16.9 Å². The van der Waals surface area contributed by atoms with Crippen molar-refractivity contribution in [3.63, 3.8) is 0 Å². The molecular formula is C25H26O12. The highest BCUT2D eigenvalue weighted by atomic mass is 16.7. The smallest absolute Gasteiger partial charge is 0.302 e. The summed E-state index contributed by atoms with van der Waals surface area (Å²) in [6, 6.07) is 9.23. The first kappa shape index (κ1) is 26.2. The third kappa shape index (κ3) is 5.18. The molecule has 37 heavy (non-hydrogen) atoms. The second kappa shape index (κ2) is 10.6. The number of aliphatic hydroxyl groups excluding tert-OH is 3. The molecule has 3 aromatic rings. The molecule has 0 saturated carbocycles. The Morgan fingerprint density at radius 2 is 1.70 bits per heavy atom. The van der Waals surface area contributed by atoms with Gasteiger partial charge in [-0.05, 0) is 24.3 Å². The molecule has 198 valence electrons. The van der Waals surface area contributed by atoms with Gasteiger partial charge in [0, 0.05) is 24.6 Å². The number of methoxy groups -OCH3 is 2. The third-order valence-electron chi connectivity index (χ3n) is 5.85. The predicted molar refractivity (Wildman–Crippen MR) is 127 cm³/mol. The number of rotatable bonds is 7. The van der Waals surface area contributed by atoms with Crippen LogP contribution in [0.4, 0.5) is 0 Å². The van der Waals surface area contributed by atoms with Crippen LogP contribution in [0.1, 0.15) is 6.92 Å². The Morgan fingerprint density at radius 1 is 1.00 bits per heavy atom. The first-order chi connectivity index (χ1) is 17.6. The zero-order valence-corrected chi connectivity index (χ0v) is 20.1. The number of aliphatic hydroxyl groups is 3. The molecule has 4 rings (SSSR count). The van der Waals surface area contributed by atoms with Crippen molar-refractivity contribution in [3.8, 4) is 34.3 Å². The average Bonchev–Trinajstić information content (AvgIpc) is 2.88. The number of esters is 1. The largest absolute Gasteiger partial charge is 0.504 e. The average molecular weight is 518 g/mol. The van der Waals surface area contributed by atoms with E-state index in [4.69, 9.17) is 28.1 Å². The Morgan fingerprint density at radius 3 is 2.32 bits per heavy atom. The highest BCUT2D eigenvalue weighted by Crippen LogP contribution is 2.43. The van der Waals surface area contributed by atoms with E-state index in [2.05, 4.69) is 0 Å². The van der Waals surface area contributed by atoms with Crippen molar-refractivity contribution < 1.29 is 53.3 Å². The van der Waals surface area contributed by atoms with E-state index in [9.17, 15) is 30.0 Å². The molecule has 1 saturated heterocycles. The van der Waals surface area contributed by atoms with Gasteiger partial charge in [0.15, 0.2) is 16.9 Å². The van der Waals surface area contributed by atoms with Gasteiger partial charge in [0.1, 0.15) is 53.5 Å². The highest BCUT2D eigenvalue weighted by molar-refractivity contribution is 5.89. The van der Waals surface area contributed by atoms with Crippen LogP contribution in [0, 0.1) is 0 Å². The van der Waals surface area contributed by atoms with Crippen molar-refractivity contribution in [3.05, 3.63) is 46.6 Å². The lowest BCUT2D eigenvalue weighted by atomic mass is 9.99. The minimum atomic E-state index is -1.73. The zero-order valence-electron chi connectivity index (χ0n) is 20.1. The number of phenols is 1. The van der Waals surface area contributed by atoms with Gasteiger partial charge in [-0.25, -0.2) is 0 Å². The summed E-state index contributed by atoms with van der Waals surface area (Å²) < 4.78 is 32.3. The molecule has 2 aromatic carbocycles. The van der Waals surface area contributed by atoms with Gasteiger partial charge in [0.2, 0.25) is 12.0 Å². The lowest BCUT2D eigenvalue weighted by Gasteiger charge is -2.40. The summed E-state index contributed by atoms with van der Waals surface area (Å²) in [5.74, 6) is -0.865. The molecule has 0 radical (unpaired) electrons. The van der Waals surface area contributed by atoms with E-state index in [-0.39, 0.29) is 28.2 Å². The standard InChI is InChI=1S/C25H26O12/c1-11(26)34-10-18-20(28)22(30)23(31)25(37-18)36-17-9-16-19(21(29)24(17)33-3)14(27)8-15(35-16)12-4-6-13(32-2)7-5-12/h4-9,18,20,22-23,25,28-31H,10H2,1-3H3/t18-,20-,22+,23-,25-/m1/s1. The first-order valence-corrected chi connectivity index (χ1v) is 11.2. The molecule has 1 aromatic heterocycles. The van der Waals surface area contributed by atoms with Gasteiger partial charge in [-0.3, -0.25) is 9.59 Å². The van der Waals surface area contributed by atoms with Gasteiger partial charge >= 0.3 is 5.97 Å². The fourth-order valence-corrected chi connectivity index (χ4v) is 3.92. The molecule has 1 fully saturated rings. The van der Waals surface area contributed by atoms with E-state index in [1.165, 1.54) is 26.4 Å². The Bertz CT molecular complexity index is 1330. The van der Waals surface area contributed by atoms with Gasteiger partial charge in [-0.2, -0.15) is 0 Å². The number of carbonyl (C=O) groups excluding carboxylic acids is 1. The maximum atomic E-state index is 12.9. The highest BCUT2D eigenvalue weighted by Gasteiger charge is 2.45.